The quantitative estimate of drug-likeness (QED) is 0.0591. The number of carbonyl (C=O) groups excluding carboxylic acids is 6. The summed E-state index contributed by atoms with van der Waals surface area (Å²) in [5.74, 6) is -2.12. The first-order valence-corrected chi connectivity index (χ1v) is 15.4. The molecule has 0 aromatic heterocycles. The van der Waals surface area contributed by atoms with Gasteiger partial charge >= 0.3 is 6.16 Å². The summed E-state index contributed by atoms with van der Waals surface area (Å²) in [7, 11) is 0. The van der Waals surface area contributed by atoms with Gasteiger partial charge in [0, 0.05) is 42.4 Å². The molecule has 3 N–H and O–H groups in total. The molecule has 15 heteroatoms. The van der Waals surface area contributed by atoms with Crippen molar-refractivity contribution in [3.63, 3.8) is 0 Å². The summed E-state index contributed by atoms with van der Waals surface area (Å²) in [6, 6.07) is 9.55. The van der Waals surface area contributed by atoms with Crippen LogP contribution in [-0.2, 0) is 35.3 Å². The van der Waals surface area contributed by atoms with Gasteiger partial charge < -0.3 is 25.4 Å². The average Bonchev–Trinajstić information content (AvgIpc) is 3.28. The van der Waals surface area contributed by atoms with E-state index in [-0.39, 0.29) is 54.6 Å². The highest BCUT2D eigenvalue weighted by atomic mass is 16.7. The lowest BCUT2D eigenvalue weighted by atomic mass is 10.0. The van der Waals surface area contributed by atoms with Gasteiger partial charge in [0.05, 0.1) is 4.92 Å². The minimum Gasteiger partial charge on any atom is -0.429 e. The van der Waals surface area contributed by atoms with Gasteiger partial charge in [-0.1, -0.05) is 32.4 Å². The molecule has 1 heterocycles. The fourth-order valence-electron chi connectivity index (χ4n) is 4.57. The zero-order chi connectivity index (χ0) is 35.4. The largest absolute Gasteiger partial charge is 0.514 e. The standard InChI is InChI=1S/C33H39N5O10/c1-20(2)29(36-27(39)8-6-5-7-17-37-28(40)18-21(3)32(37)43)31(42)34-22(4)30(41)35-24-11-9-23(10-12-24)19-47-33(44)48-26-15-13-25(14-16-26)38(45)46/h9-16,18,20,22,29H,5-8,17,19H2,1-4H3,(H,34,42)(H,35,41)(H,36,39)/t22-,29-/m0/s1. The second-order valence-corrected chi connectivity index (χ2v) is 11.5. The van der Waals surface area contributed by atoms with Crippen molar-refractivity contribution in [3.8, 4) is 5.75 Å². The molecule has 0 saturated heterocycles. The average molecular weight is 666 g/mol. The highest BCUT2D eigenvalue weighted by Gasteiger charge is 2.28. The Labute approximate surface area is 277 Å². The summed E-state index contributed by atoms with van der Waals surface area (Å²) in [6.07, 6.45) is 2.16. The SMILES string of the molecule is CC1=CC(=O)N(CCCCCC(=O)N[C@H](C(=O)N[C@@H](C)C(=O)Nc2ccc(COC(=O)Oc3ccc([N+](=O)[O-])cc3)cc2)C(C)C)C1=O. The summed E-state index contributed by atoms with van der Waals surface area (Å²) < 4.78 is 10.0. The Morgan fingerprint density at radius 1 is 0.896 bits per heavy atom. The van der Waals surface area contributed by atoms with E-state index in [0.717, 1.165) is 0 Å². The van der Waals surface area contributed by atoms with Crippen molar-refractivity contribution < 1.29 is 43.2 Å². The van der Waals surface area contributed by atoms with Gasteiger partial charge in [-0.3, -0.25) is 39.0 Å². The second-order valence-electron chi connectivity index (χ2n) is 11.5. The maximum absolute atomic E-state index is 13.0. The summed E-state index contributed by atoms with van der Waals surface area (Å²) in [6.45, 7) is 6.81. The minimum atomic E-state index is -1.000. The number of ether oxygens (including phenoxy) is 2. The van der Waals surface area contributed by atoms with Crippen LogP contribution in [0.1, 0.15) is 58.9 Å². The second kappa shape index (κ2) is 17.4. The first-order valence-electron chi connectivity index (χ1n) is 15.4. The number of carbonyl (C=O) groups is 6. The number of imide groups is 1. The Balaban J connectivity index is 1.38. The van der Waals surface area contributed by atoms with Crippen LogP contribution >= 0.6 is 0 Å². The summed E-state index contributed by atoms with van der Waals surface area (Å²) >= 11 is 0. The maximum atomic E-state index is 13.0. The molecule has 2 aromatic carbocycles. The van der Waals surface area contributed by atoms with Crippen LogP contribution in [0.3, 0.4) is 0 Å². The van der Waals surface area contributed by atoms with Crippen LogP contribution in [-0.4, -0.2) is 64.1 Å². The normalized spacial score (nSPS) is 13.8. The highest BCUT2D eigenvalue weighted by molar-refractivity contribution is 6.15. The molecule has 0 aliphatic carbocycles. The van der Waals surface area contributed by atoms with Crippen molar-refractivity contribution >= 4 is 47.1 Å². The number of amides is 5. The van der Waals surface area contributed by atoms with E-state index in [1.54, 1.807) is 45.0 Å². The predicted molar refractivity (Wildman–Crippen MR) is 172 cm³/mol. The van der Waals surface area contributed by atoms with E-state index in [2.05, 4.69) is 16.0 Å². The van der Waals surface area contributed by atoms with Gasteiger partial charge in [0.2, 0.25) is 17.7 Å². The molecule has 3 rings (SSSR count). The Morgan fingerprint density at radius 3 is 2.15 bits per heavy atom. The number of unbranched alkanes of at least 4 members (excludes halogenated alkanes) is 2. The Bertz CT molecular complexity index is 1550. The summed E-state index contributed by atoms with van der Waals surface area (Å²) in [4.78, 5) is 85.3. The molecule has 1 aliphatic rings. The number of nitro benzene ring substituents is 1. The maximum Gasteiger partial charge on any atom is 0.514 e. The number of hydrogen-bond donors (Lipinski definition) is 3. The Morgan fingerprint density at radius 2 is 1.56 bits per heavy atom. The number of non-ortho nitro benzene ring substituents is 1. The number of nitro groups is 1. The van der Waals surface area contributed by atoms with Crippen molar-refractivity contribution in [2.45, 2.75) is 72.1 Å². The molecule has 15 nitrogen and oxygen atoms in total. The molecule has 0 bridgehead atoms. The summed E-state index contributed by atoms with van der Waals surface area (Å²) in [5, 5.41) is 18.8. The van der Waals surface area contributed by atoms with Crippen LogP contribution in [0.15, 0.2) is 60.2 Å². The predicted octanol–water partition coefficient (Wildman–Crippen LogP) is 3.77. The molecule has 2 aromatic rings. The minimum absolute atomic E-state index is 0.0832. The van der Waals surface area contributed by atoms with Gasteiger partial charge in [0.25, 0.3) is 17.5 Å². The van der Waals surface area contributed by atoms with Crippen LogP contribution in [0.2, 0.25) is 0 Å². The fraction of sp³-hybridized carbons (Fsp3) is 0.394. The van der Waals surface area contributed by atoms with Crippen molar-refractivity contribution in [1.29, 1.82) is 0 Å². The van der Waals surface area contributed by atoms with Gasteiger partial charge in [0.15, 0.2) is 0 Å². The third-order valence-corrected chi connectivity index (χ3v) is 7.32. The smallest absolute Gasteiger partial charge is 0.429 e. The number of benzene rings is 2. The molecule has 0 radical (unpaired) electrons. The lowest BCUT2D eigenvalue weighted by Crippen LogP contribution is -2.53. The van der Waals surface area contributed by atoms with Crippen LogP contribution in [0.5, 0.6) is 5.75 Å². The van der Waals surface area contributed by atoms with Gasteiger partial charge in [0.1, 0.15) is 24.4 Å². The monoisotopic (exact) mass is 665 g/mol. The zero-order valence-electron chi connectivity index (χ0n) is 27.1. The third kappa shape index (κ3) is 11.0. The molecule has 0 saturated carbocycles. The number of rotatable bonds is 16. The number of hydrogen-bond acceptors (Lipinski definition) is 10. The van der Waals surface area contributed by atoms with E-state index in [0.29, 0.717) is 36.1 Å². The molecular weight excluding hydrogens is 626 g/mol. The van der Waals surface area contributed by atoms with E-state index in [1.165, 1.54) is 42.2 Å². The van der Waals surface area contributed by atoms with E-state index < -0.39 is 35.0 Å². The lowest BCUT2D eigenvalue weighted by molar-refractivity contribution is -0.384. The van der Waals surface area contributed by atoms with Gasteiger partial charge in [-0.2, -0.15) is 0 Å². The van der Waals surface area contributed by atoms with Crippen molar-refractivity contribution in [1.82, 2.24) is 15.5 Å². The molecule has 5 amide bonds. The molecule has 48 heavy (non-hydrogen) atoms. The third-order valence-electron chi connectivity index (χ3n) is 7.32. The molecule has 0 spiro atoms. The van der Waals surface area contributed by atoms with Crippen molar-refractivity contribution in [3.05, 3.63) is 75.9 Å². The number of nitrogens with one attached hydrogen (secondary N) is 3. The zero-order valence-corrected chi connectivity index (χ0v) is 27.1. The molecule has 0 unspecified atom stereocenters. The first kappa shape index (κ1) is 36.9. The van der Waals surface area contributed by atoms with Gasteiger partial charge in [-0.15, -0.1) is 0 Å². The molecule has 256 valence electrons. The molecular formula is C33H39N5O10. The van der Waals surface area contributed by atoms with E-state index in [1.807, 2.05) is 0 Å². The van der Waals surface area contributed by atoms with E-state index in [9.17, 15) is 38.9 Å². The lowest BCUT2D eigenvalue weighted by Gasteiger charge is -2.24. The van der Waals surface area contributed by atoms with E-state index in [4.69, 9.17) is 9.47 Å². The van der Waals surface area contributed by atoms with Crippen LogP contribution < -0.4 is 20.7 Å². The van der Waals surface area contributed by atoms with Crippen molar-refractivity contribution in [2.24, 2.45) is 5.92 Å². The van der Waals surface area contributed by atoms with Gasteiger partial charge in [-0.05, 0) is 62.4 Å². The van der Waals surface area contributed by atoms with Crippen LogP contribution in [0, 0.1) is 16.0 Å². The van der Waals surface area contributed by atoms with Crippen LogP contribution in [0.4, 0.5) is 16.2 Å². The number of nitrogens with zero attached hydrogens (tertiary/aromatic N) is 2. The molecule has 0 fully saturated rings. The number of anilines is 1. The molecule has 2 atom stereocenters. The summed E-state index contributed by atoms with van der Waals surface area (Å²) in [5.41, 5.74) is 1.28. The highest BCUT2D eigenvalue weighted by Crippen LogP contribution is 2.18. The fourth-order valence-corrected chi connectivity index (χ4v) is 4.57. The van der Waals surface area contributed by atoms with Crippen molar-refractivity contribution in [2.75, 3.05) is 11.9 Å². The first-order chi connectivity index (χ1) is 22.7. The van der Waals surface area contributed by atoms with Gasteiger partial charge in [-0.25, -0.2) is 4.79 Å². The Kier molecular flexibility index (Phi) is 13.3. The Hall–Kier alpha value is -5.60. The molecule has 1 aliphatic heterocycles. The van der Waals surface area contributed by atoms with Crippen LogP contribution in [0.25, 0.3) is 0 Å². The van der Waals surface area contributed by atoms with E-state index >= 15 is 0 Å². The topological polar surface area (TPSA) is 203 Å².